The van der Waals surface area contributed by atoms with Gasteiger partial charge in [0, 0.05) is 23.0 Å². The number of aliphatic hydroxyl groups is 1. The second-order valence-electron chi connectivity index (χ2n) is 7.12. The fraction of sp³-hybridized carbons (Fsp3) is 0.304. The highest BCUT2D eigenvalue weighted by molar-refractivity contribution is 5.95. The number of hydrogen-bond acceptors (Lipinski definition) is 3. The lowest BCUT2D eigenvalue weighted by Gasteiger charge is -2.51. The lowest BCUT2D eigenvalue weighted by atomic mass is 9.75. The molecule has 3 atom stereocenters. The van der Waals surface area contributed by atoms with Crippen molar-refractivity contribution in [1.82, 2.24) is 4.90 Å². The Bertz CT molecular complexity index is 967. The first kappa shape index (κ1) is 19.6. The second kappa shape index (κ2) is 8.25. The summed E-state index contributed by atoms with van der Waals surface area (Å²) in [6, 6.07) is 13.8. The predicted octanol–water partition coefficient (Wildman–Crippen LogP) is 3.33. The summed E-state index contributed by atoms with van der Waals surface area (Å²) in [5.41, 5.74) is 1.90. The maximum absolute atomic E-state index is 13.5. The van der Waals surface area contributed by atoms with Gasteiger partial charge in [-0.3, -0.25) is 4.79 Å². The van der Waals surface area contributed by atoms with Crippen LogP contribution in [-0.4, -0.2) is 34.6 Å². The third-order valence-corrected chi connectivity index (χ3v) is 4.84. The summed E-state index contributed by atoms with van der Waals surface area (Å²) in [4.78, 5) is 14.1. The summed E-state index contributed by atoms with van der Waals surface area (Å²) in [6.07, 6.45) is 0. The summed E-state index contributed by atoms with van der Waals surface area (Å²) >= 11 is 0. The first-order valence-electron chi connectivity index (χ1n) is 9.16. The van der Waals surface area contributed by atoms with Crippen LogP contribution >= 0.6 is 0 Å². The number of halogens is 1. The smallest absolute Gasteiger partial charge is 0.255 e. The van der Waals surface area contributed by atoms with E-state index in [9.17, 15) is 19.6 Å². The molecule has 0 saturated carbocycles. The zero-order valence-corrected chi connectivity index (χ0v) is 15.8. The number of benzene rings is 2. The van der Waals surface area contributed by atoms with Gasteiger partial charge in [-0.05, 0) is 35.9 Å². The van der Waals surface area contributed by atoms with Gasteiger partial charge in [0.15, 0.2) is 0 Å². The van der Waals surface area contributed by atoms with E-state index in [1.165, 1.54) is 23.1 Å². The van der Waals surface area contributed by atoms with Crippen LogP contribution in [-0.2, 0) is 0 Å². The van der Waals surface area contributed by atoms with Gasteiger partial charge >= 0.3 is 0 Å². The van der Waals surface area contributed by atoms with Crippen LogP contribution in [0.25, 0.3) is 0 Å². The molecule has 1 aliphatic rings. The van der Waals surface area contributed by atoms with Gasteiger partial charge in [-0.2, -0.15) is 5.26 Å². The second-order valence-corrected chi connectivity index (χ2v) is 7.12. The predicted molar refractivity (Wildman–Crippen MR) is 104 cm³/mol. The van der Waals surface area contributed by atoms with Crippen molar-refractivity contribution in [3.8, 4) is 17.9 Å². The molecule has 1 aliphatic heterocycles. The molecule has 1 fully saturated rings. The molecule has 0 bridgehead atoms. The summed E-state index contributed by atoms with van der Waals surface area (Å²) in [5, 5.41) is 19.5. The van der Waals surface area contributed by atoms with Gasteiger partial charge in [0.05, 0.1) is 18.7 Å². The molecule has 142 valence electrons. The molecule has 0 aromatic heterocycles. The Morgan fingerprint density at radius 2 is 1.96 bits per heavy atom. The van der Waals surface area contributed by atoms with Crippen molar-refractivity contribution < 1.29 is 14.3 Å². The van der Waals surface area contributed by atoms with E-state index in [0.29, 0.717) is 0 Å². The topological polar surface area (TPSA) is 64.3 Å². The Morgan fingerprint density at radius 1 is 1.25 bits per heavy atom. The first-order valence-corrected chi connectivity index (χ1v) is 9.16. The van der Waals surface area contributed by atoms with Crippen molar-refractivity contribution >= 4 is 5.91 Å². The number of amides is 1. The molecule has 5 heteroatoms. The molecule has 1 heterocycles. The van der Waals surface area contributed by atoms with Crippen LogP contribution in [0.3, 0.4) is 0 Å². The normalized spacial score (nSPS) is 20.7. The number of likely N-dealkylation sites (tertiary alicyclic amines) is 1. The summed E-state index contributed by atoms with van der Waals surface area (Å²) < 4.78 is 13.5. The highest BCUT2D eigenvalue weighted by Gasteiger charge is 2.51. The van der Waals surface area contributed by atoms with Crippen LogP contribution in [0, 0.1) is 34.9 Å². The lowest BCUT2D eigenvalue weighted by molar-refractivity contribution is -0.00588. The van der Waals surface area contributed by atoms with Crippen molar-refractivity contribution in [2.45, 2.75) is 31.8 Å². The molecule has 1 N–H and O–H groups in total. The number of nitrogens with zero attached hydrogens (tertiary/aromatic N) is 2. The summed E-state index contributed by atoms with van der Waals surface area (Å²) in [5.74, 6) is 5.17. The summed E-state index contributed by atoms with van der Waals surface area (Å²) in [6.45, 7) is 3.76. The van der Waals surface area contributed by atoms with Gasteiger partial charge in [-0.15, -0.1) is 0 Å². The highest BCUT2D eigenvalue weighted by atomic mass is 19.1. The number of aliphatic hydroxyl groups excluding tert-OH is 1. The van der Waals surface area contributed by atoms with Gasteiger partial charge in [0.1, 0.15) is 11.9 Å². The SMILES string of the molecule is CC(C)C#Cc1ccc([C@@H]2[C@@H](C#N)N(C(=O)c3cccc(F)c3)[C@H]2CO)cc1. The molecule has 3 rings (SSSR count). The average Bonchev–Trinajstić information content (AvgIpc) is 2.67. The maximum atomic E-state index is 13.5. The van der Waals surface area contributed by atoms with E-state index in [4.69, 9.17) is 0 Å². The Kier molecular flexibility index (Phi) is 5.78. The molecule has 0 radical (unpaired) electrons. The molecule has 1 saturated heterocycles. The standard InChI is InChI=1S/C23H21FN2O2/c1-15(2)6-7-16-8-10-17(11-9-16)22-20(13-25)26(21(22)14-27)23(28)18-4-3-5-19(24)12-18/h3-5,8-12,15,20-22,27H,14H2,1-2H3/t20-,21+,22-/m1/s1. The molecule has 0 aliphatic carbocycles. The van der Waals surface area contributed by atoms with E-state index in [-0.39, 0.29) is 24.0 Å². The van der Waals surface area contributed by atoms with E-state index >= 15 is 0 Å². The third kappa shape index (κ3) is 3.76. The fourth-order valence-corrected chi connectivity index (χ4v) is 3.47. The van der Waals surface area contributed by atoms with Crippen molar-refractivity contribution in [2.24, 2.45) is 5.92 Å². The average molecular weight is 376 g/mol. The minimum atomic E-state index is -0.722. The number of carbonyl (C=O) groups excluding carboxylic acids is 1. The maximum Gasteiger partial charge on any atom is 0.255 e. The monoisotopic (exact) mass is 376 g/mol. The molecule has 2 aromatic carbocycles. The van der Waals surface area contributed by atoms with E-state index in [1.807, 2.05) is 38.1 Å². The molecular weight excluding hydrogens is 355 g/mol. The molecule has 2 aromatic rings. The third-order valence-electron chi connectivity index (χ3n) is 4.84. The van der Waals surface area contributed by atoms with E-state index in [1.54, 1.807) is 0 Å². The van der Waals surface area contributed by atoms with Gasteiger partial charge in [-0.25, -0.2) is 4.39 Å². The number of carbonyl (C=O) groups is 1. The quantitative estimate of drug-likeness (QED) is 0.836. The Balaban J connectivity index is 1.85. The largest absolute Gasteiger partial charge is 0.394 e. The van der Waals surface area contributed by atoms with Crippen LogP contribution in [0.5, 0.6) is 0 Å². The minimum absolute atomic E-state index is 0.163. The van der Waals surface area contributed by atoms with E-state index < -0.39 is 23.8 Å². The van der Waals surface area contributed by atoms with Crippen molar-refractivity contribution in [2.75, 3.05) is 6.61 Å². The minimum Gasteiger partial charge on any atom is -0.394 e. The molecule has 28 heavy (non-hydrogen) atoms. The van der Waals surface area contributed by atoms with E-state index in [0.717, 1.165) is 17.2 Å². The number of nitriles is 1. The van der Waals surface area contributed by atoms with E-state index in [2.05, 4.69) is 17.9 Å². The molecular formula is C23H21FN2O2. The van der Waals surface area contributed by atoms with Gasteiger partial charge in [-0.1, -0.05) is 43.9 Å². The number of hydrogen-bond donors (Lipinski definition) is 1. The Labute approximate surface area is 164 Å². The highest BCUT2D eigenvalue weighted by Crippen LogP contribution is 2.41. The zero-order valence-electron chi connectivity index (χ0n) is 15.8. The molecule has 0 unspecified atom stereocenters. The Morgan fingerprint density at radius 3 is 2.54 bits per heavy atom. The molecule has 1 amide bonds. The lowest BCUT2D eigenvalue weighted by Crippen LogP contribution is -2.65. The summed E-state index contributed by atoms with van der Waals surface area (Å²) in [7, 11) is 0. The van der Waals surface area contributed by atoms with Gasteiger partial charge in [0.25, 0.3) is 5.91 Å². The van der Waals surface area contributed by atoms with Crippen LogP contribution in [0.4, 0.5) is 4.39 Å². The van der Waals surface area contributed by atoms with Crippen molar-refractivity contribution in [3.05, 3.63) is 71.0 Å². The van der Waals surface area contributed by atoms with Crippen LogP contribution in [0.15, 0.2) is 48.5 Å². The van der Waals surface area contributed by atoms with Gasteiger partial charge < -0.3 is 10.0 Å². The number of rotatable bonds is 3. The van der Waals surface area contributed by atoms with Crippen LogP contribution < -0.4 is 0 Å². The van der Waals surface area contributed by atoms with Crippen molar-refractivity contribution in [1.29, 1.82) is 5.26 Å². The Hall–Kier alpha value is -3.15. The molecule has 4 nitrogen and oxygen atoms in total. The first-order chi connectivity index (χ1) is 13.5. The molecule has 0 spiro atoms. The van der Waals surface area contributed by atoms with Crippen molar-refractivity contribution in [3.63, 3.8) is 0 Å². The fourth-order valence-electron chi connectivity index (χ4n) is 3.47. The van der Waals surface area contributed by atoms with Crippen LogP contribution in [0.2, 0.25) is 0 Å². The zero-order chi connectivity index (χ0) is 20.3. The van der Waals surface area contributed by atoms with Crippen LogP contribution in [0.1, 0.15) is 41.3 Å². The van der Waals surface area contributed by atoms with Gasteiger partial charge in [0.2, 0.25) is 0 Å².